The monoisotopic (exact) mass is 388 g/mol. The number of pyridine rings is 1. The van der Waals surface area contributed by atoms with Crippen LogP contribution in [0, 0.1) is 5.82 Å². The first-order chi connectivity index (χ1) is 10.0. The number of nitrogens with zero attached hydrogens (tertiary/aromatic N) is 1. The molecule has 0 amide bonds. The smallest absolute Gasteiger partial charge is 0.143 e. The van der Waals surface area contributed by atoms with Gasteiger partial charge in [-0.2, -0.15) is 0 Å². The number of hydrogen-bond acceptors (Lipinski definition) is 2. The van der Waals surface area contributed by atoms with Crippen LogP contribution in [0.25, 0.3) is 11.0 Å². The van der Waals surface area contributed by atoms with Crippen molar-refractivity contribution in [2.45, 2.75) is 6.10 Å². The van der Waals surface area contributed by atoms with E-state index in [1.54, 1.807) is 24.5 Å². The van der Waals surface area contributed by atoms with Gasteiger partial charge in [0.1, 0.15) is 17.6 Å². The standard InChI is InChI=1S/C14H8BrCl2FN2O/c15-8-4-9(18)12(17)10(11(8)16)13(21)7-5-20-14-6(7)2-1-3-19-14/h1-5,13,21H,(H,19,20). The highest BCUT2D eigenvalue weighted by Gasteiger charge is 2.24. The maximum atomic E-state index is 13.8. The van der Waals surface area contributed by atoms with E-state index in [-0.39, 0.29) is 15.6 Å². The molecule has 108 valence electrons. The third-order valence-electron chi connectivity index (χ3n) is 3.20. The van der Waals surface area contributed by atoms with E-state index in [4.69, 9.17) is 23.2 Å². The van der Waals surface area contributed by atoms with E-state index in [9.17, 15) is 9.50 Å². The number of aromatic amines is 1. The van der Waals surface area contributed by atoms with Crippen LogP contribution >= 0.6 is 39.1 Å². The first kappa shape index (κ1) is 14.8. The van der Waals surface area contributed by atoms with E-state index in [0.29, 0.717) is 15.7 Å². The summed E-state index contributed by atoms with van der Waals surface area (Å²) in [5.74, 6) is -0.653. The van der Waals surface area contributed by atoms with Gasteiger partial charge in [0, 0.05) is 33.4 Å². The minimum atomic E-state index is -1.17. The first-order valence-electron chi connectivity index (χ1n) is 5.93. The molecule has 0 radical (unpaired) electrons. The lowest BCUT2D eigenvalue weighted by molar-refractivity contribution is 0.221. The van der Waals surface area contributed by atoms with Crippen molar-refractivity contribution < 1.29 is 9.50 Å². The number of benzene rings is 1. The van der Waals surface area contributed by atoms with Crippen LogP contribution in [0.5, 0.6) is 0 Å². The van der Waals surface area contributed by atoms with Crippen LogP contribution in [0.4, 0.5) is 4.39 Å². The fraction of sp³-hybridized carbons (Fsp3) is 0.0714. The van der Waals surface area contributed by atoms with Crippen molar-refractivity contribution in [3.8, 4) is 0 Å². The van der Waals surface area contributed by atoms with Crippen molar-refractivity contribution in [3.05, 3.63) is 62.1 Å². The molecule has 1 aromatic carbocycles. The molecule has 2 N–H and O–H groups in total. The Labute approximate surface area is 137 Å². The average Bonchev–Trinajstić information content (AvgIpc) is 2.89. The lowest BCUT2D eigenvalue weighted by Gasteiger charge is -2.15. The van der Waals surface area contributed by atoms with Gasteiger partial charge in [-0.25, -0.2) is 9.37 Å². The number of aromatic nitrogens is 2. The van der Waals surface area contributed by atoms with E-state index >= 15 is 0 Å². The Bertz CT molecular complexity index is 811. The fourth-order valence-corrected chi connectivity index (χ4v) is 3.16. The van der Waals surface area contributed by atoms with Gasteiger partial charge >= 0.3 is 0 Å². The Hall–Kier alpha value is -1.14. The lowest BCUT2D eigenvalue weighted by Crippen LogP contribution is -2.03. The summed E-state index contributed by atoms with van der Waals surface area (Å²) in [7, 11) is 0. The van der Waals surface area contributed by atoms with Gasteiger partial charge in [0.25, 0.3) is 0 Å². The fourth-order valence-electron chi connectivity index (χ4n) is 2.19. The molecule has 0 aliphatic carbocycles. The molecular formula is C14H8BrCl2FN2O. The molecule has 2 aromatic heterocycles. The number of nitrogens with one attached hydrogen (secondary N) is 1. The number of H-pyrrole nitrogens is 1. The van der Waals surface area contributed by atoms with Gasteiger partial charge in [-0.3, -0.25) is 0 Å². The quantitative estimate of drug-likeness (QED) is 0.615. The third kappa shape index (κ3) is 2.44. The van der Waals surface area contributed by atoms with E-state index in [0.717, 1.165) is 11.5 Å². The normalized spacial score (nSPS) is 12.8. The molecule has 0 aliphatic rings. The summed E-state index contributed by atoms with van der Waals surface area (Å²) < 4.78 is 14.1. The molecule has 0 fully saturated rings. The molecule has 3 rings (SSSR count). The summed E-state index contributed by atoms with van der Waals surface area (Å²) in [6.45, 7) is 0. The van der Waals surface area contributed by atoms with Crippen molar-refractivity contribution in [3.63, 3.8) is 0 Å². The highest BCUT2D eigenvalue weighted by molar-refractivity contribution is 9.10. The molecule has 0 saturated heterocycles. The first-order valence-corrected chi connectivity index (χ1v) is 7.48. The molecule has 1 unspecified atom stereocenters. The zero-order chi connectivity index (χ0) is 15.1. The van der Waals surface area contributed by atoms with Crippen molar-refractivity contribution in [2.75, 3.05) is 0 Å². The molecule has 3 nitrogen and oxygen atoms in total. The third-order valence-corrected chi connectivity index (χ3v) is 4.84. The zero-order valence-corrected chi connectivity index (χ0v) is 13.5. The van der Waals surface area contributed by atoms with Gasteiger partial charge in [-0.05, 0) is 34.1 Å². The number of aliphatic hydroxyl groups is 1. The second kappa shape index (κ2) is 5.57. The zero-order valence-electron chi connectivity index (χ0n) is 10.4. The predicted octanol–water partition coefficient (Wildman–Crippen LogP) is 4.85. The summed E-state index contributed by atoms with van der Waals surface area (Å²) in [5.41, 5.74) is 1.27. The number of aliphatic hydroxyl groups excluding tert-OH is 1. The Morgan fingerprint density at radius 3 is 2.86 bits per heavy atom. The lowest BCUT2D eigenvalue weighted by atomic mass is 10.0. The highest BCUT2D eigenvalue weighted by Crippen LogP contribution is 2.41. The van der Waals surface area contributed by atoms with E-state index in [1.165, 1.54) is 0 Å². The second-order valence-corrected chi connectivity index (χ2v) is 6.04. The SMILES string of the molecule is OC(c1c(Cl)c(F)cc(Br)c1Cl)c1c[nH]c2ncccc12. The molecule has 0 bridgehead atoms. The molecule has 0 saturated carbocycles. The van der Waals surface area contributed by atoms with Crippen LogP contribution < -0.4 is 0 Å². The predicted molar refractivity (Wildman–Crippen MR) is 84.3 cm³/mol. The van der Waals surface area contributed by atoms with E-state index in [2.05, 4.69) is 25.9 Å². The number of halogens is 4. The number of rotatable bonds is 2. The summed E-state index contributed by atoms with van der Waals surface area (Å²) >= 11 is 15.3. The molecule has 3 aromatic rings. The molecule has 1 atom stereocenters. The van der Waals surface area contributed by atoms with Crippen molar-refractivity contribution in [2.24, 2.45) is 0 Å². The summed E-state index contributed by atoms with van der Waals surface area (Å²) in [6, 6.07) is 4.71. The maximum Gasteiger partial charge on any atom is 0.143 e. The molecule has 21 heavy (non-hydrogen) atoms. The van der Waals surface area contributed by atoms with E-state index in [1.807, 2.05) is 0 Å². The van der Waals surface area contributed by atoms with Gasteiger partial charge in [0.15, 0.2) is 0 Å². The Morgan fingerprint density at radius 2 is 2.10 bits per heavy atom. The van der Waals surface area contributed by atoms with Crippen molar-refractivity contribution in [1.82, 2.24) is 9.97 Å². The Balaban J connectivity index is 2.21. The van der Waals surface area contributed by atoms with Crippen LogP contribution in [-0.2, 0) is 0 Å². The largest absolute Gasteiger partial charge is 0.383 e. The van der Waals surface area contributed by atoms with Crippen LogP contribution in [0.3, 0.4) is 0 Å². The van der Waals surface area contributed by atoms with Gasteiger partial charge in [0.2, 0.25) is 0 Å². The topological polar surface area (TPSA) is 48.9 Å². The van der Waals surface area contributed by atoms with Crippen LogP contribution in [0.1, 0.15) is 17.2 Å². The number of hydrogen-bond donors (Lipinski definition) is 2. The summed E-state index contributed by atoms with van der Waals surface area (Å²) in [6.07, 6.45) is 2.07. The van der Waals surface area contributed by atoms with Crippen LogP contribution in [-0.4, -0.2) is 15.1 Å². The highest BCUT2D eigenvalue weighted by atomic mass is 79.9. The number of fused-ring (bicyclic) bond motifs is 1. The van der Waals surface area contributed by atoms with Crippen LogP contribution in [0.15, 0.2) is 35.1 Å². The summed E-state index contributed by atoms with van der Waals surface area (Å²) in [4.78, 5) is 7.09. The molecular weight excluding hydrogens is 382 g/mol. The molecule has 2 heterocycles. The minimum Gasteiger partial charge on any atom is -0.383 e. The summed E-state index contributed by atoms with van der Waals surface area (Å²) in [5, 5.41) is 11.3. The van der Waals surface area contributed by atoms with Gasteiger partial charge in [0.05, 0.1) is 10.0 Å². The minimum absolute atomic E-state index is 0.120. The van der Waals surface area contributed by atoms with Gasteiger partial charge in [-0.1, -0.05) is 23.2 Å². The molecule has 0 spiro atoms. The van der Waals surface area contributed by atoms with Crippen molar-refractivity contribution in [1.29, 1.82) is 0 Å². The van der Waals surface area contributed by atoms with Crippen molar-refractivity contribution >= 4 is 50.2 Å². The Morgan fingerprint density at radius 1 is 1.33 bits per heavy atom. The Kier molecular flexibility index (Phi) is 3.92. The van der Waals surface area contributed by atoms with Gasteiger partial charge in [-0.15, -0.1) is 0 Å². The molecule has 0 aliphatic heterocycles. The van der Waals surface area contributed by atoms with E-state index < -0.39 is 11.9 Å². The molecule has 7 heteroatoms. The van der Waals surface area contributed by atoms with Gasteiger partial charge < -0.3 is 10.1 Å². The second-order valence-electron chi connectivity index (χ2n) is 4.43. The van der Waals surface area contributed by atoms with Crippen LogP contribution in [0.2, 0.25) is 10.0 Å². The maximum absolute atomic E-state index is 13.8. The average molecular weight is 390 g/mol.